The molecule has 6 heteroatoms. The highest BCUT2D eigenvalue weighted by atomic mass is 16.5. The molecule has 0 saturated heterocycles. The Hall–Kier alpha value is -5.36. The van der Waals surface area contributed by atoms with Gasteiger partial charge in [0.15, 0.2) is 0 Å². The molecule has 0 aliphatic carbocycles. The van der Waals surface area contributed by atoms with Crippen molar-refractivity contribution in [2.75, 3.05) is 14.2 Å². The lowest BCUT2D eigenvalue weighted by Gasteiger charge is -2.19. The molecule has 0 aliphatic rings. The van der Waals surface area contributed by atoms with Crippen molar-refractivity contribution in [3.05, 3.63) is 144 Å². The van der Waals surface area contributed by atoms with Gasteiger partial charge in [-0.2, -0.15) is 0 Å². The lowest BCUT2D eigenvalue weighted by Crippen LogP contribution is -2.26. The number of hydrogen-bond acceptors (Lipinski definition) is 4. The molecule has 240 valence electrons. The third-order valence-electron chi connectivity index (χ3n) is 8.31. The standard InChI is InChI=1S/C41H41NO5/c1-29(41(44)45)23-31-17-21-38(39(26-31)47-28-33-10-8-14-37(25-33)46-3)36-13-7-9-32(24-36)27-42(2)40(43)22-18-30-15-19-35(20-16-30)34-11-5-4-6-12-34/h4-17,19-21,24-26,29H,18,22-23,27-28H2,1-3H3,(H,44,45). The molecule has 5 rings (SSSR count). The number of carbonyl (C=O) groups excluding carboxylic acids is 1. The highest BCUT2D eigenvalue weighted by Gasteiger charge is 2.16. The second-order valence-corrected chi connectivity index (χ2v) is 11.9. The number of hydrogen-bond donors (Lipinski definition) is 1. The molecule has 0 spiro atoms. The number of rotatable bonds is 14. The first kappa shape index (κ1) is 33.0. The van der Waals surface area contributed by atoms with Crippen molar-refractivity contribution in [3.8, 4) is 33.8 Å². The second kappa shape index (κ2) is 15.8. The summed E-state index contributed by atoms with van der Waals surface area (Å²) in [5.41, 5.74) is 8.19. The zero-order chi connectivity index (χ0) is 33.2. The highest BCUT2D eigenvalue weighted by Crippen LogP contribution is 2.33. The molecule has 1 atom stereocenters. The Labute approximate surface area is 277 Å². The van der Waals surface area contributed by atoms with Crippen LogP contribution in [0.25, 0.3) is 22.3 Å². The van der Waals surface area contributed by atoms with Crippen LogP contribution in [-0.4, -0.2) is 36.0 Å². The van der Waals surface area contributed by atoms with E-state index in [1.54, 1.807) is 18.9 Å². The minimum atomic E-state index is -0.833. The molecule has 1 unspecified atom stereocenters. The van der Waals surface area contributed by atoms with Gasteiger partial charge >= 0.3 is 5.97 Å². The molecule has 47 heavy (non-hydrogen) atoms. The zero-order valence-corrected chi connectivity index (χ0v) is 27.2. The summed E-state index contributed by atoms with van der Waals surface area (Å²) in [4.78, 5) is 26.4. The third-order valence-corrected chi connectivity index (χ3v) is 8.31. The van der Waals surface area contributed by atoms with Crippen LogP contribution in [0.4, 0.5) is 0 Å². The molecule has 0 aromatic heterocycles. The number of carbonyl (C=O) groups is 2. The molecule has 5 aromatic carbocycles. The molecule has 0 saturated carbocycles. The Balaban J connectivity index is 1.27. The quantitative estimate of drug-likeness (QED) is 0.134. The van der Waals surface area contributed by atoms with E-state index in [4.69, 9.17) is 9.47 Å². The van der Waals surface area contributed by atoms with Crippen LogP contribution in [0.5, 0.6) is 11.5 Å². The largest absolute Gasteiger partial charge is 0.497 e. The summed E-state index contributed by atoms with van der Waals surface area (Å²) in [7, 11) is 3.47. The summed E-state index contributed by atoms with van der Waals surface area (Å²) < 4.78 is 11.7. The van der Waals surface area contributed by atoms with Gasteiger partial charge in [-0.05, 0) is 76.1 Å². The predicted molar refractivity (Wildman–Crippen MR) is 186 cm³/mol. The molecule has 1 N–H and O–H groups in total. The van der Waals surface area contributed by atoms with Crippen molar-refractivity contribution < 1.29 is 24.2 Å². The van der Waals surface area contributed by atoms with Crippen LogP contribution in [0.3, 0.4) is 0 Å². The number of carboxylic acid groups (broad SMARTS) is 1. The number of aliphatic carboxylic acids is 1. The molecule has 0 radical (unpaired) electrons. The summed E-state index contributed by atoms with van der Waals surface area (Å²) in [5.74, 6) is 0.157. The van der Waals surface area contributed by atoms with Gasteiger partial charge in [0.1, 0.15) is 18.1 Å². The van der Waals surface area contributed by atoms with E-state index < -0.39 is 11.9 Å². The van der Waals surface area contributed by atoms with Gasteiger partial charge in [0.05, 0.1) is 13.0 Å². The van der Waals surface area contributed by atoms with Gasteiger partial charge in [-0.15, -0.1) is 0 Å². The fraction of sp³-hybridized carbons (Fsp3) is 0.220. The maximum absolute atomic E-state index is 13.1. The van der Waals surface area contributed by atoms with Crippen molar-refractivity contribution in [3.63, 3.8) is 0 Å². The van der Waals surface area contributed by atoms with Gasteiger partial charge in [-0.3, -0.25) is 9.59 Å². The molecular formula is C41H41NO5. The molecule has 0 aliphatic heterocycles. The average Bonchev–Trinajstić information content (AvgIpc) is 3.10. The van der Waals surface area contributed by atoms with Crippen LogP contribution in [0.1, 0.15) is 35.6 Å². The third kappa shape index (κ3) is 9.10. The minimum Gasteiger partial charge on any atom is -0.497 e. The van der Waals surface area contributed by atoms with E-state index in [2.05, 4.69) is 42.5 Å². The SMILES string of the molecule is COc1cccc(COc2cc(CC(C)C(=O)O)ccc2-c2cccc(CN(C)C(=O)CCc3ccc(-c4ccccc4)cc3)c2)c1. The van der Waals surface area contributed by atoms with Crippen LogP contribution in [-0.2, 0) is 35.6 Å². The smallest absolute Gasteiger partial charge is 0.306 e. The van der Waals surface area contributed by atoms with Gasteiger partial charge in [-0.1, -0.05) is 104 Å². The van der Waals surface area contributed by atoms with Crippen molar-refractivity contribution >= 4 is 11.9 Å². The number of carboxylic acids is 1. The Bertz CT molecular complexity index is 1800. The first-order valence-electron chi connectivity index (χ1n) is 15.9. The van der Waals surface area contributed by atoms with Gasteiger partial charge in [0.25, 0.3) is 0 Å². The lowest BCUT2D eigenvalue weighted by molar-refractivity contribution is -0.141. The summed E-state index contributed by atoms with van der Waals surface area (Å²) in [5, 5.41) is 9.46. The number of nitrogens with zero attached hydrogens (tertiary/aromatic N) is 1. The van der Waals surface area contributed by atoms with E-state index in [0.717, 1.165) is 44.7 Å². The van der Waals surface area contributed by atoms with E-state index in [1.807, 2.05) is 85.9 Å². The molecule has 0 bridgehead atoms. The average molecular weight is 628 g/mol. The Morgan fingerprint density at radius 2 is 1.40 bits per heavy atom. The van der Waals surface area contributed by atoms with E-state index in [0.29, 0.717) is 38.2 Å². The number of methoxy groups -OCH3 is 1. The van der Waals surface area contributed by atoms with Crippen LogP contribution in [0.2, 0.25) is 0 Å². The maximum atomic E-state index is 13.1. The van der Waals surface area contributed by atoms with Crippen molar-refractivity contribution in [1.82, 2.24) is 4.90 Å². The van der Waals surface area contributed by atoms with Gasteiger partial charge < -0.3 is 19.5 Å². The summed E-state index contributed by atoms with van der Waals surface area (Å²) >= 11 is 0. The van der Waals surface area contributed by atoms with Crippen LogP contribution in [0, 0.1) is 5.92 Å². The first-order chi connectivity index (χ1) is 22.8. The van der Waals surface area contributed by atoms with E-state index in [1.165, 1.54) is 5.56 Å². The molecule has 1 amide bonds. The molecule has 5 aromatic rings. The molecule has 0 heterocycles. The maximum Gasteiger partial charge on any atom is 0.306 e. The Morgan fingerprint density at radius 3 is 2.15 bits per heavy atom. The van der Waals surface area contributed by atoms with Gasteiger partial charge in [0, 0.05) is 25.6 Å². The first-order valence-corrected chi connectivity index (χ1v) is 15.9. The van der Waals surface area contributed by atoms with Crippen LogP contribution >= 0.6 is 0 Å². The molecule has 0 fully saturated rings. The van der Waals surface area contributed by atoms with Crippen LogP contribution < -0.4 is 9.47 Å². The van der Waals surface area contributed by atoms with Crippen molar-refractivity contribution in [2.45, 2.75) is 39.3 Å². The number of ether oxygens (including phenoxy) is 2. The normalized spacial score (nSPS) is 11.5. The van der Waals surface area contributed by atoms with E-state index in [9.17, 15) is 14.7 Å². The topological polar surface area (TPSA) is 76.1 Å². The second-order valence-electron chi connectivity index (χ2n) is 11.9. The highest BCUT2D eigenvalue weighted by molar-refractivity contribution is 5.77. The number of aryl methyl sites for hydroxylation is 1. The zero-order valence-electron chi connectivity index (χ0n) is 27.2. The monoisotopic (exact) mass is 627 g/mol. The minimum absolute atomic E-state index is 0.0850. The fourth-order valence-corrected chi connectivity index (χ4v) is 5.55. The summed E-state index contributed by atoms with van der Waals surface area (Å²) in [6, 6.07) is 40.4. The Kier molecular flexibility index (Phi) is 11.1. The molecular weight excluding hydrogens is 586 g/mol. The lowest BCUT2D eigenvalue weighted by atomic mass is 9.96. The van der Waals surface area contributed by atoms with Gasteiger partial charge in [0.2, 0.25) is 5.91 Å². The van der Waals surface area contributed by atoms with Gasteiger partial charge in [-0.25, -0.2) is 0 Å². The molecule has 6 nitrogen and oxygen atoms in total. The number of benzene rings is 5. The van der Waals surface area contributed by atoms with E-state index in [-0.39, 0.29) is 5.91 Å². The Morgan fingerprint density at radius 1 is 0.723 bits per heavy atom. The summed E-state index contributed by atoms with van der Waals surface area (Å²) in [6.07, 6.45) is 1.51. The number of amides is 1. The fourth-order valence-electron chi connectivity index (χ4n) is 5.55. The van der Waals surface area contributed by atoms with Crippen molar-refractivity contribution in [2.24, 2.45) is 5.92 Å². The predicted octanol–water partition coefficient (Wildman–Crippen LogP) is 8.46. The van der Waals surface area contributed by atoms with E-state index >= 15 is 0 Å². The van der Waals surface area contributed by atoms with Crippen LogP contribution in [0.15, 0.2) is 121 Å². The van der Waals surface area contributed by atoms with Crippen molar-refractivity contribution in [1.29, 1.82) is 0 Å². The summed E-state index contributed by atoms with van der Waals surface area (Å²) in [6.45, 7) is 2.51.